The van der Waals surface area contributed by atoms with Crippen LogP contribution in [-0.2, 0) is 0 Å². The van der Waals surface area contributed by atoms with Crippen molar-refractivity contribution in [2.45, 2.75) is 26.2 Å². The number of aryl methyl sites for hydroxylation is 1. The van der Waals surface area contributed by atoms with E-state index >= 15 is 0 Å². The van der Waals surface area contributed by atoms with Gasteiger partial charge in [0.1, 0.15) is 11.3 Å². The smallest absolute Gasteiger partial charge is 0.156 e. The summed E-state index contributed by atoms with van der Waals surface area (Å²) in [5.74, 6) is 1.93. The molecule has 0 atom stereocenters. The van der Waals surface area contributed by atoms with Crippen molar-refractivity contribution < 1.29 is 0 Å². The Kier molecular flexibility index (Phi) is 2.27. The van der Waals surface area contributed by atoms with Crippen molar-refractivity contribution in [3.8, 4) is 0 Å². The highest BCUT2D eigenvalue weighted by atomic mass is 15.3. The van der Waals surface area contributed by atoms with Gasteiger partial charge in [0.15, 0.2) is 5.82 Å². The molecule has 0 amide bonds. The Bertz CT molecular complexity index is 497. The van der Waals surface area contributed by atoms with Crippen LogP contribution in [0.2, 0.25) is 0 Å². The van der Waals surface area contributed by atoms with Crippen molar-refractivity contribution in [3.05, 3.63) is 24.2 Å². The quantitative estimate of drug-likeness (QED) is 0.731. The monoisotopic (exact) mass is 216 g/mol. The van der Waals surface area contributed by atoms with Crippen LogP contribution in [0.3, 0.4) is 0 Å². The van der Waals surface area contributed by atoms with Gasteiger partial charge in [-0.1, -0.05) is 0 Å². The molecule has 16 heavy (non-hydrogen) atoms. The first-order valence-electron chi connectivity index (χ1n) is 5.91. The minimum atomic E-state index is 0.837. The third-order valence-electron chi connectivity index (χ3n) is 3.13. The molecule has 0 saturated carbocycles. The molecule has 1 fully saturated rings. The summed E-state index contributed by atoms with van der Waals surface area (Å²) in [5, 5.41) is 4.37. The van der Waals surface area contributed by atoms with E-state index in [9.17, 15) is 0 Å². The maximum absolute atomic E-state index is 4.59. The Hall–Kier alpha value is -1.58. The maximum Gasteiger partial charge on any atom is 0.156 e. The molecule has 1 aliphatic heterocycles. The lowest BCUT2D eigenvalue weighted by Gasteiger charge is -2.28. The zero-order valence-corrected chi connectivity index (χ0v) is 9.56. The van der Waals surface area contributed by atoms with Crippen LogP contribution in [-0.4, -0.2) is 27.7 Å². The molecule has 1 saturated heterocycles. The van der Waals surface area contributed by atoms with Gasteiger partial charge in [0.2, 0.25) is 0 Å². The number of hydrogen-bond donors (Lipinski definition) is 0. The summed E-state index contributed by atoms with van der Waals surface area (Å²) in [6.07, 6.45) is 5.88. The van der Waals surface area contributed by atoms with Crippen LogP contribution < -0.4 is 4.90 Å². The average Bonchev–Trinajstić information content (AvgIpc) is 2.77. The minimum Gasteiger partial charge on any atom is -0.355 e. The summed E-state index contributed by atoms with van der Waals surface area (Å²) >= 11 is 0. The molecule has 0 unspecified atom stereocenters. The molecule has 2 aromatic rings. The molecular weight excluding hydrogens is 200 g/mol. The highest BCUT2D eigenvalue weighted by Gasteiger charge is 2.15. The molecule has 0 spiro atoms. The van der Waals surface area contributed by atoms with Gasteiger partial charge in [0.05, 0.1) is 0 Å². The Balaban J connectivity index is 2.09. The van der Waals surface area contributed by atoms with Crippen molar-refractivity contribution in [1.82, 2.24) is 14.6 Å². The Morgan fingerprint density at radius 3 is 2.81 bits per heavy atom. The van der Waals surface area contributed by atoms with Crippen LogP contribution in [0.15, 0.2) is 18.3 Å². The second-order valence-electron chi connectivity index (χ2n) is 4.37. The van der Waals surface area contributed by atoms with Crippen LogP contribution in [0.5, 0.6) is 0 Å². The van der Waals surface area contributed by atoms with E-state index in [0.29, 0.717) is 0 Å². The van der Waals surface area contributed by atoms with Gasteiger partial charge in [-0.05, 0) is 38.3 Å². The van der Waals surface area contributed by atoms with Gasteiger partial charge in [-0.3, -0.25) is 0 Å². The number of fused-ring (bicyclic) bond motifs is 1. The average molecular weight is 216 g/mol. The molecule has 4 heteroatoms. The second kappa shape index (κ2) is 3.77. The molecule has 0 bridgehead atoms. The van der Waals surface area contributed by atoms with Crippen LogP contribution >= 0.6 is 0 Å². The van der Waals surface area contributed by atoms with Crippen LogP contribution in [0, 0.1) is 6.92 Å². The third-order valence-corrected chi connectivity index (χ3v) is 3.13. The molecule has 3 heterocycles. The molecule has 0 aliphatic carbocycles. The fourth-order valence-electron chi connectivity index (χ4n) is 2.36. The lowest BCUT2D eigenvalue weighted by Crippen LogP contribution is -2.31. The fourth-order valence-corrected chi connectivity index (χ4v) is 2.36. The Morgan fingerprint density at radius 1 is 1.19 bits per heavy atom. The Labute approximate surface area is 94.9 Å². The molecule has 1 aliphatic rings. The van der Waals surface area contributed by atoms with Crippen LogP contribution in [0.1, 0.15) is 25.1 Å². The van der Waals surface area contributed by atoms with E-state index in [1.54, 1.807) is 0 Å². The second-order valence-corrected chi connectivity index (χ2v) is 4.37. The predicted octanol–water partition coefficient (Wildman–Crippen LogP) is 2.03. The first-order chi connectivity index (χ1) is 7.84. The summed E-state index contributed by atoms with van der Waals surface area (Å²) in [7, 11) is 0. The first-order valence-corrected chi connectivity index (χ1v) is 5.91. The Morgan fingerprint density at radius 2 is 2.00 bits per heavy atom. The predicted molar refractivity (Wildman–Crippen MR) is 63.8 cm³/mol. The number of piperidine rings is 1. The molecule has 84 valence electrons. The van der Waals surface area contributed by atoms with E-state index in [1.165, 1.54) is 19.3 Å². The standard InChI is InChI=1S/C12H16N4/c1-10-13-12(15-7-3-2-4-8-15)11-6-5-9-16(11)14-10/h5-6,9H,2-4,7-8H2,1H3. The van der Waals surface area contributed by atoms with Crippen LogP contribution in [0.25, 0.3) is 5.52 Å². The highest BCUT2D eigenvalue weighted by molar-refractivity contribution is 5.68. The molecule has 0 N–H and O–H groups in total. The largest absolute Gasteiger partial charge is 0.355 e. The normalized spacial score (nSPS) is 16.9. The summed E-state index contributed by atoms with van der Waals surface area (Å²) in [4.78, 5) is 6.97. The maximum atomic E-state index is 4.59. The van der Waals surface area contributed by atoms with E-state index in [1.807, 2.05) is 23.7 Å². The zero-order valence-electron chi connectivity index (χ0n) is 9.56. The van der Waals surface area contributed by atoms with Crippen molar-refractivity contribution >= 4 is 11.3 Å². The molecule has 2 aromatic heterocycles. The van der Waals surface area contributed by atoms with Gasteiger partial charge in [0, 0.05) is 19.3 Å². The van der Waals surface area contributed by atoms with Gasteiger partial charge in [-0.15, -0.1) is 0 Å². The molecule has 0 radical (unpaired) electrons. The van der Waals surface area contributed by atoms with Gasteiger partial charge in [0.25, 0.3) is 0 Å². The minimum absolute atomic E-state index is 0.837. The van der Waals surface area contributed by atoms with E-state index in [4.69, 9.17) is 0 Å². The van der Waals surface area contributed by atoms with Crippen molar-refractivity contribution in [2.75, 3.05) is 18.0 Å². The molecule has 4 nitrogen and oxygen atoms in total. The summed E-state index contributed by atoms with van der Waals surface area (Å²) < 4.78 is 1.92. The number of nitrogens with zero attached hydrogens (tertiary/aromatic N) is 4. The summed E-state index contributed by atoms with van der Waals surface area (Å²) in [6, 6.07) is 4.11. The number of hydrogen-bond acceptors (Lipinski definition) is 3. The van der Waals surface area contributed by atoms with Gasteiger partial charge >= 0.3 is 0 Å². The zero-order chi connectivity index (χ0) is 11.0. The topological polar surface area (TPSA) is 33.4 Å². The van der Waals surface area contributed by atoms with Crippen molar-refractivity contribution in [3.63, 3.8) is 0 Å². The van der Waals surface area contributed by atoms with E-state index in [2.05, 4.69) is 21.0 Å². The number of anilines is 1. The van der Waals surface area contributed by atoms with Crippen LogP contribution in [0.4, 0.5) is 5.82 Å². The first kappa shape index (κ1) is 9.63. The van der Waals surface area contributed by atoms with Gasteiger partial charge < -0.3 is 4.90 Å². The van der Waals surface area contributed by atoms with E-state index in [-0.39, 0.29) is 0 Å². The summed E-state index contributed by atoms with van der Waals surface area (Å²) in [6.45, 7) is 4.20. The molecule has 0 aromatic carbocycles. The van der Waals surface area contributed by atoms with Crippen molar-refractivity contribution in [2.24, 2.45) is 0 Å². The van der Waals surface area contributed by atoms with Crippen molar-refractivity contribution in [1.29, 1.82) is 0 Å². The number of rotatable bonds is 1. The summed E-state index contributed by atoms with van der Waals surface area (Å²) in [5.41, 5.74) is 1.12. The SMILES string of the molecule is Cc1nc(N2CCCCC2)c2cccn2n1. The van der Waals surface area contributed by atoms with E-state index in [0.717, 1.165) is 30.2 Å². The van der Waals surface area contributed by atoms with E-state index < -0.39 is 0 Å². The fraction of sp³-hybridized carbons (Fsp3) is 0.500. The lowest BCUT2D eigenvalue weighted by molar-refractivity contribution is 0.572. The van der Waals surface area contributed by atoms with Gasteiger partial charge in [-0.25, -0.2) is 9.50 Å². The molecule has 3 rings (SSSR count). The highest BCUT2D eigenvalue weighted by Crippen LogP contribution is 2.22. The lowest BCUT2D eigenvalue weighted by atomic mass is 10.1. The third kappa shape index (κ3) is 1.54. The van der Waals surface area contributed by atoms with Gasteiger partial charge in [-0.2, -0.15) is 5.10 Å². The number of aromatic nitrogens is 3. The molecular formula is C12H16N4.